The van der Waals surface area contributed by atoms with Gasteiger partial charge >= 0.3 is 6.09 Å². The summed E-state index contributed by atoms with van der Waals surface area (Å²) in [4.78, 5) is 18.8. The van der Waals surface area contributed by atoms with Crippen molar-refractivity contribution in [1.82, 2.24) is 9.88 Å². The second-order valence-corrected chi connectivity index (χ2v) is 6.23. The van der Waals surface area contributed by atoms with Crippen molar-refractivity contribution in [2.24, 2.45) is 0 Å². The number of rotatable bonds is 2. The van der Waals surface area contributed by atoms with Crippen molar-refractivity contribution < 1.29 is 9.53 Å². The highest BCUT2D eigenvalue weighted by Crippen LogP contribution is 2.33. The third-order valence-electron chi connectivity index (χ3n) is 4.87. The average molecular weight is 296 g/mol. The van der Waals surface area contributed by atoms with Crippen LogP contribution in [0.15, 0.2) is 24.3 Å². The fourth-order valence-electron chi connectivity index (χ4n) is 3.66. The summed E-state index contributed by atoms with van der Waals surface area (Å²) in [5, 5.41) is 1.13. The topological polar surface area (TPSA) is 42.4 Å². The number of nitrogens with zero attached hydrogens (tertiary/aromatic N) is 2. The molecule has 114 valence electrons. The Bertz CT molecular complexity index is 735. The maximum atomic E-state index is 12.3. The lowest BCUT2D eigenvalue weighted by Crippen LogP contribution is -2.43. The molecule has 1 aliphatic carbocycles. The third kappa shape index (κ3) is 2.14. The Kier molecular flexibility index (Phi) is 3.25. The second kappa shape index (κ2) is 5.27. The molecule has 0 unspecified atom stereocenters. The molecular formula is C18H20N2O2. The van der Waals surface area contributed by atoms with Crippen LogP contribution in [0.2, 0.25) is 0 Å². The van der Waals surface area contributed by atoms with Crippen LogP contribution in [-0.4, -0.2) is 22.0 Å². The van der Waals surface area contributed by atoms with Gasteiger partial charge in [-0.15, -0.1) is 0 Å². The summed E-state index contributed by atoms with van der Waals surface area (Å²) in [6, 6.07) is 8.69. The monoisotopic (exact) mass is 296 g/mol. The summed E-state index contributed by atoms with van der Waals surface area (Å²) < 4.78 is 5.54. The zero-order chi connectivity index (χ0) is 15.1. The minimum Gasteiger partial charge on any atom is -0.391 e. The first-order valence-electron chi connectivity index (χ1n) is 8.16. The van der Waals surface area contributed by atoms with Crippen molar-refractivity contribution in [3.05, 3.63) is 35.4 Å². The van der Waals surface area contributed by atoms with Crippen molar-refractivity contribution in [1.29, 1.82) is 0 Å². The number of carbonyl (C=O) groups is 1. The Labute approximate surface area is 130 Å². The maximum absolute atomic E-state index is 12.3. The molecule has 0 bridgehead atoms. The molecule has 4 nitrogen and oxygen atoms in total. The van der Waals surface area contributed by atoms with Crippen molar-refractivity contribution in [2.75, 3.05) is 0 Å². The molecule has 1 amide bonds. The van der Waals surface area contributed by atoms with Crippen LogP contribution < -0.4 is 4.74 Å². The van der Waals surface area contributed by atoms with Crippen molar-refractivity contribution in [3.8, 4) is 5.88 Å². The first-order valence-corrected chi connectivity index (χ1v) is 8.16. The van der Waals surface area contributed by atoms with E-state index in [4.69, 9.17) is 4.74 Å². The Morgan fingerprint density at radius 2 is 2.14 bits per heavy atom. The number of aromatic nitrogens is 1. The highest BCUT2D eigenvalue weighted by molar-refractivity contribution is 5.85. The van der Waals surface area contributed by atoms with E-state index < -0.39 is 0 Å². The molecule has 0 N–H and O–H groups in total. The molecule has 1 fully saturated rings. The van der Waals surface area contributed by atoms with Gasteiger partial charge in [0.2, 0.25) is 5.88 Å². The molecule has 0 spiro atoms. The number of carbonyl (C=O) groups excluding carboxylic acids is 1. The third-order valence-corrected chi connectivity index (χ3v) is 4.87. The molecule has 0 saturated heterocycles. The summed E-state index contributed by atoms with van der Waals surface area (Å²) in [5.41, 5.74) is 3.16. The zero-order valence-electron chi connectivity index (χ0n) is 12.8. The summed E-state index contributed by atoms with van der Waals surface area (Å²) in [6.07, 6.45) is 5.27. The van der Waals surface area contributed by atoms with E-state index in [1.807, 2.05) is 4.90 Å². The van der Waals surface area contributed by atoms with E-state index in [1.165, 1.54) is 18.4 Å². The van der Waals surface area contributed by atoms with E-state index in [0.29, 0.717) is 18.5 Å². The lowest BCUT2D eigenvalue weighted by Gasteiger charge is -2.32. The van der Waals surface area contributed by atoms with Crippen LogP contribution >= 0.6 is 0 Å². The molecular weight excluding hydrogens is 276 g/mol. The quantitative estimate of drug-likeness (QED) is 0.839. The van der Waals surface area contributed by atoms with Gasteiger partial charge in [-0.2, -0.15) is 0 Å². The van der Waals surface area contributed by atoms with Gasteiger partial charge in [-0.25, -0.2) is 9.78 Å². The van der Waals surface area contributed by atoms with Crippen LogP contribution in [0.1, 0.15) is 43.7 Å². The predicted molar refractivity (Wildman–Crippen MR) is 84.9 cm³/mol. The molecule has 2 heterocycles. The molecule has 2 aliphatic rings. The number of aryl methyl sites for hydroxylation is 1. The van der Waals surface area contributed by atoms with Gasteiger partial charge in [-0.1, -0.05) is 38.0 Å². The fraction of sp³-hybridized carbons (Fsp3) is 0.444. The van der Waals surface area contributed by atoms with Gasteiger partial charge in [-0.3, -0.25) is 0 Å². The minimum atomic E-state index is -0.236. The fourth-order valence-corrected chi connectivity index (χ4v) is 3.66. The standard InChI is InChI=1S/C18H20N2O2/c1-2-12-6-5-7-13-10-14-11-20(15-8-3-4-9-15)18(21)22-17(14)19-16(12)13/h5-7,10,15H,2-4,8-9,11H2,1H3. The van der Waals surface area contributed by atoms with Crippen LogP contribution in [-0.2, 0) is 13.0 Å². The number of pyridine rings is 1. The summed E-state index contributed by atoms with van der Waals surface area (Å²) >= 11 is 0. The lowest BCUT2D eigenvalue weighted by molar-refractivity contribution is 0.114. The molecule has 4 rings (SSSR count). The summed E-state index contributed by atoms with van der Waals surface area (Å²) in [7, 11) is 0. The average Bonchev–Trinajstić information content (AvgIpc) is 3.06. The molecule has 1 saturated carbocycles. The molecule has 22 heavy (non-hydrogen) atoms. The van der Waals surface area contributed by atoms with Crippen LogP contribution in [0, 0.1) is 0 Å². The number of hydrogen-bond acceptors (Lipinski definition) is 3. The van der Waals surface area contributed by atoms with Crippen molar-refractivity contribution >= 4 is 17.0 Å². The first-order chi connectivity index (χ1) is 10.8. The molecule has 1 aromatic heterocycles. The largest absolute Gasteiger partial charge is 0.417 e. The van der Waals surface area contributed by atoms with Crippen molar-refractivity contribution in [2.45, 2.75) is 51.6 Å². The number of fused-ring (bicyclic) bond motifs is 2. The minimum absolute atomic E-state index is 0.236. The second-order valence-electron chi connectivity index (χ2n) is 6.23. The smallest absolute Gasteiger partial charge is 0.391 e. The first kappa shape index (κ1) is 13.6. The highest BCUT2D eigenvalue weighted by Gasteiger charge is 2.33. The van der Waals surface area contributed by atoms with E-state index in [0.717, 1.165) is 35.7 Å². The van der Waals surface area contributed by atoms with E-state index >= 15 is 0 Å². The van der Waals surface area contributed by atoms with Crippen LogP contribution in [0.3, 0.4) is 0 Å². The van der Waals surface area contributed by atoms with Crippen molar-refractivity contribution in [3.63, 3.8) is 0 Å². The Hall–Kier alpha value is -2.10. The summed E-state index contributed by atoms with van der Waals surface area (Å²) in [5.74, 6) is 0.493. The number of ether oxygens (including phenoxy) is 1. The number of benzene rings is 1. The highest BCUT2D eigenvalue weighted by atomic mass is 16.6. The number of hydrogen-bond donors (Lipinski definition) is 0. The van der Waals surface area contributed by atoms with Gasteiger partial charge < -0.3 is 9.64 Å². The van der Waals surface area contributed by atoms with E-state index in [1.54, 1.807) is 0 Å². The van der Waals surface area contributed by atoms with Gasteiger partial charge in [0, 0.05) is 17.0 Å². The van der Waals surface area contributed by atoms with Gasteiger partial charge in [0.15, 0.2) is 0 Å². The van der Waals surface area contributed by atoms with Gasteiger partial charge in [-0.05, 0) is 30.9 Å². The Morgan fingerprint density at radius 1 is 1.32 bits per heavy atom. The van der Waals surface area contributed by atoms with Crippen LogP contribution in [0.5, 0.6) is 5.88 Å². The Balaban J connectivity index is 1.75. The zero-order valence-corrected chi connectivity index (χ0v) is 12.8. The Morgan fingerprint density at radius 3 is 2.91 bits per heavy atom. The predicted octanol–water partition coefficient (Wildman–Crippen LogP) is 4.05. The molecule has 1 aromatic carbocycles. The van der Waals surface area contributed by atoms with Gasteiger partial charge in [0.05, 0.1) is 12.1 Å². The van der Waals surface area contributed by atoms with Crippen LogP contribution in [0.4, 0.5) is 4.79 Å². The molecule has 4 heteroatoms. The lowest BCUT2D eigenvalue weighted by atomic mass is 10.0. The van der Waals surface area contributed by atoms with Gasteiger partial charge in [0.25, 0.3) is 0 Å². The van der Waals surface area contributed by atoms with E-state index in [9.17, 15) is 4.79 Å². The van der Waals surface area contributed by atoms with E-state index in [2.05, 4.69) is 36.2 Å². The number of amides is 1. The van der Waals surface area contributed by atoms with Gasteiger partial charge in [0.1, 0.15) is 0 Å². The van der Waals surface area contributed by atoms with Crippen LogP contribution in [0.25, 0.3) is 10.9 Å². The molecule has 1 aliphatic heterocycles. The molecule has 0 atom stereocenters. The SMILES string of the molecule is CCc1cccc2cc3c(nc12)OC(=O)N(C1CCCC1)C3. The maximum Gasteiger partial charge on any atom is 0.417 e. The molecule has 2 aromatic rings. The van der Waals surface area contributed by atoms with E-state index in [-0.39, 0.29) is 6.09 Å². The summed E-state index contributed by atoms with van der Waals surface area (Å²) in [6.45, 7) is 2.74. The number of para-hydroxylation sites is 1. The molecule has 0 radical (unpaired) electrons. The normalized spacial score (nSPS) is 18.6.